The van der Waals surface area contributed by atoms with Crippen LogP contribution in [0.3, 0.4) is 0 Å². The highest BCUT2D eigenvalue weighted by atomic mass is 79.9. The van der Waals surface area contributed by atoms with Crippen molar-refractivity contribution in [2.45, 2.75) is 0 Å². The van der Waals surface area contributed by atoms with Crippen LogP contribution in [0.5, 0.6) is 0 Å². The zero-order valence-corrected chi connectivity index (χ0v) is 9.17. The number of H-pyrrole nitrogens is 2. The summed E-state index contributed by atoms with van der Waals surface area (Å²) < 4.78 is 0.825. The maximum atomic E-state index is 11.1. The van der Waals surface area contributed by atoms with Gasteiger partial charge in [0.05, 0.1) is 5.69 Å². The predicted octanol–water partition coefficient (Wildman–Crippen LogP) is 1.49. The quantitative estimate of drug-likeness (QED) is 0.822. The Labute approximate surface area is 93.1 Å². The molecule has 0 unspecified atom stereocenters. The van der Waals surface area contributed by atoms with Crippen LogP contribution in [0.4, 0.5) is 0 Å². The topological polar surface area (TPSA) is 65.7 Å². The third-order valence-electron chi connectivity index (χ3n) is 1.92. The number of benzene rings is 1. The largest absolute Gasteiger partial charge is 0.326 e. The van der Waals surface area contributed by atoms with E-state index in [1.807, 2.05) is 24.3 Å². The lowest BCUT2D eigenvalue weighted by Crippen LogP contribution is -2.21. The summed E-state index contributed by atoms with van der Waals surface area (Å²) in [7, 11) is 0. The van der Waals surface area contributed by atoms with Crippen molar-refractivity contribution in [3.8, 4) is 11.3 Å². The van der Waals surface area contributed by atoms with Crippen LogP contribution in [0.25, 0.3) is 11.3 Å². The molecule has 76 valence electrons. The molecule has 0 aliphatic carbocycles. The van der Waals surface area contributed by atoms with Crippen LogP contribution in [-0.2, 0) is 0 Å². The molecule has 0 aliphatic heterocycles. The van der Waals surface area contributed by atoms with Crippen LogP contribution in [0, 0.1) is 0 Å². The van der Waals surface area contributed by atoms with Gasteiger partial charge in [-0.05, 0) is 6.07 Å². The van der Waals surface area contributed by atoms with E-state index < -0.39 is 11.2 Å². The van der Waals surface area contributed by atoms with E-state index in [-0.39, 0.29) is 0 Å². The molecule has 2 aromatic rings. The Balaban J connectivity index is 2.70. The Hall–Kier alpha value is -1.62. The van der Waals surface area contributed by atoms with Crippen LogP contribution >= 0.6 is 15.9 Å². The number of aromatic nitrogens is 2. The monoisotopic (exact) mass is 266 g/mol. The molecule has 5 heteroatoms. The average Bonchev–Trinajstić information content (AvgIpc) is 2.16. The van der Waals surface area contributed by atoms with Crippen molar-refractivity contribution in [1.82, 2.24) is 9.97 Å². The minimum absolute atomic E-state index is 0.412. The average molecular weight is 267 g/mol. The summed E-state index contributed by atoms with van der Waals surface area (Å²) in [6.45, 7) is 0. The van der Waals surface area contributed by atoms with Crippen molar-refractivity contribution in [2.24, 2.45) is 0 Å². The molecule has 4 nitrogen and oxygen atoms in total. The number of hydrogen-bond donors (Lipinski definition) is 2. The molecule has 1 heterocycles. The van der Waals surface area contributed by atoms with Gasteiger partial charge >= 0.3 is 5.69 Å². The van der Waals surface area contributed by atoms with Crippen molar-refractivity contribution in [3.63, 3.8) is 0 Å². The SMILES string of the molecule is O=c1cc(-c2ccccc2Br)[nH]c(=O)[nH]1. The van der Waals surface area contributed by atoms with Gasteiger partial charge in [-0.15, -0.1) is 0 Å². The molecule has 0 aliphatic rings. The normalized spacial score (nSPS) is 10.2. The molecular formula is C10H7BrN2O2. The smallest absolute Gasteiger partial charge is 0.307 e. The minimum atomic E-state index is -0.506. The van der Waals surface area contributed by atoms with Crippen LogP contribution in [-0.4, -0.2) is 9.97 Å². The molecule has 1 aromatic carbocycles. The summed E-state index contributed by atoms with van der Waals surface area (Å²) in [6.07, 6.45) is 0. The number of aromatic amines is 2. The second-order valence-corrected chi connectivity index (χ2v) is 3.84. The van der Waals surface area contributed by atoms with Gasteiger partial charge in [-0.2, -0.15) is 0 Å². The summed E-state index contributed by atoms with van der Waals surface area (Å²) >= 11 is 3.35. The number of halogens is 1. The first-order valence-corrected chi connectivity index (χ1v) is 5.04. The Morgan fingerprint density at radius 1 is 1.07 bits per heavy atom. The number of rotatable bonds is 1. The standard InChI is InChI=1S/C10H7BrN2O2/c11-7-4-2-1-3-6(7)8-5-9(14)13-10(15)12-8/h1-5H,(H2,12,13,14,15). The van der Waals surface area contributed by atoms with Crippen molar-refractivity contribution < 1.29 is 0 Å². The summed E-state index contributed by atoms with van der Waals surface area (Å²) in [6, 6.07) is 8.70. The van der Waals surface area contributed by atoms with E-state index in [1.165, 1.54) is 6.07 Å². The van der Waals surface area contributed by atoms with Gasteiger partial charge < -0.3 is 4.98 Å². The first-order valence-electron chi connectivity index (χ1n) is 4.25. The van der Waals surface area contributed by atoms with Gasteiger partial charge in [0.15, 0.2) is 0 Å². The molecule has 0 amide bonds. The van der Waals surface area contributed by atoms with Crippen LogP contribution < -0.4 is 11.2 Å². The van der Waals surface area contributed by atoms with Gasteiger partial charge in [0.2, 0.25) is 0 Å². The van der Waals surface area contributed by atoms with E-state index in [9.17, 15) is 9.59 Å². The third kappa shape index (κ3) is 2.07. The fraction of sp³-hybridized carbons (Fsp3) is 0. The predicted molar refractivity (Wildman–Crippen MR) is 60.8 cm³/mol. The molecule has 0 bridgehead atoms. The Bertz CT molecular complexity index is 572. The van der Waals surface area contributed by atoms with Gasteiger partial charge in [0.1, 0.15) is 0 Å². The molecule has 1 aromatic heterocycles. The molecule has 0 saturated heterocycles. The lowest BCUT2D eigenvalue weighted by Gasteiger charge is -2.02. The summed E-state index contributed by atoms with van der Waals surface area (Å²) in [5.74, 6) is 0. The maximum absolute atomic E-state index is 11.1. The zero-order valence-electron chi connectivity index (χ0n) is 7.58. The lowest BCUT2D eigenvalue weighted by molar-refractivity contribution is 1.04. The minimum Gasteiger partial charge on any atom is -0.307 e. The second kappa shape index (κ2) is 3.86. The fourth-order valence-corrected chi connectivity index (χ4v) is 1.79. The Morgan fingerprint density at radius 3 is 2.47 bits per heavy atom. The molecule has 0 atom stereocenters. The van der Waals surface area contributed by atoms with Crippen LogP contribution in [0.15, 0.2) is 44.4 Å². The molecule has 15 heavy (non-hydrogen) atoms. The second-order valence-electron chi connectivity index (χ2n) is 2.98. The molecule has 0 saturated carbocycles. The summed E-state index contributed by atoms with van der Waals surface area (Å²) in [4.78, 5) is 26.9. The van der Waals surface area contributed by atoms with E-state index in [1.54, 1.807) is 0 Å². The Kier molecular flexibility index (Phi) is 2.55. The number of hydrogen-bond acceptors (Lipinski definition) is 2. The molecule has 0 fully saturated rings. The van der Waals surface area contributed by atoms with Gasteiger partial charge in [-0.25, -0.2) is 4.79 Å². The van der Waals surface area contributed by atoms with Gasteiger partial charge in [0, 0.05) is 16.1 Å². The summed E-state index contributed by atoms with van der Waals surface area (Å²) in [5.41, 5.74) is 0.356. The number of nitrogens with one attached hydrogen (secondary N) is 2. The van der Waals surface area contributed by atoms with Crippen LogP contribution in [0.2, 0.25) is 0 Å². The molecule has 0 radical (unpaired) electrons. The first kappa shape index (κ1) is 9.92. The Morgan fingerprint density at radius 2 is 1.80 bits per heavy atom. The molecule has 0 spiro atoms. The van der Waals surface area contributed by atoms with Crippen molar-refractivity contribution >= 4 is 15.9 Å². The van der Waals surface area contributed by atoms with E-state index in [4.69, 9.17) is 0 Å². The van der Waals surface area contributed by atoms with Crippen molar-refractivity contribution in [1.29, 1.82) is 0 Å². The van der Waals surface area contributed by atoms with Gasteiger partial charge in [-0.3, -0.25) is 9.78 Å². The highest BCUT2D eigenvalue weighted by Crippen LogP contribution is 2.24. The van der Waals surface area contributed by atoms with Crippen molar-refractivity contribution in [2.75, 3.05) is 0 Å². The van der Waals surface area contributed by atoms with Gasteiger partial charge in [0.25, 0.3) is 5.56 Å². The van der Waals surface area contributed by atoms with Crippen molar-refractivity contribution in [3.05, 3.63) is 55.6 Å². The summed E-state index contributed by atoms with van der Waals surface area (Å²) in [5, 5.41) is 0. The highest BCUT2D eigenvalue weighted by Gasteiger charge is 2.03. The van der Waals surface area contributed by atoms with E-state index >= 15 is 0 Å². The molecular weight excluding hydrogens is 260 g/mol. The van der Waals surface area contributed by atoms with E-state index in [2.05, 4.69) is 25.9 Å². The zero-order chi connectivity index (χ0) is 10.8. The lowest BCUT2D eigenvalue weighted by atomic mass is 10.1. The fourth-order valence-electron chi connectivity index (χ4n) is 1.29. The molecule has 2 rings (SSSR count). The highest BCUT2D eigenvalue weighted by molar-refractivity contribution is 9.10. The first-order chi connectivity index (χ1) is 7.16. The van der Waals surface area contributed by atoms with Gasteiger partial charge in [-0.1, -0.05) is 34.1 Å². The third-order valence-corrected chi connectivity index (χ3v) is 2.62. The van der Waals surface area contributed by atoms with E-state index in [0.29, 0.717) is 5.69 Å². The maximum Gasteiger partial charge on any atom is 0.326 e. The van der Waals surface area contributed by atoms with E-state index in [0.717, 1.165) is 10.0 Å². The molecule has 2 N–H and O–H groups in total. The van der Waals surface area contributed by atoms with Crippen LogP contribution in [0.1, 0.15) is 0 Å².